The first-order valence-electron chi connectivity index (χ1n) is 8.68. The molecule has 2 aromatic heterocycles. The fraction of sp³-hybridized carbons (Fsp3) is 0.263. The van der Waals surface area contributed by atoms with E-state index < -0.39 is 6.61 Å². The van der Waals surface area contributed by atoms with E-state index in [4.69, 9.17) is 16.3 Å². The molecular formula is C19H20ClN4O3+. The van der Waals surface area contributed by atoms with E-state index in [0.717, 1.165) is 24.5 Å². The first kappa shape index (κ1) is 17.8. The minimum atomic E-state index is -0.407. The zero-order valence-corrected chi connectivity index (χ0v) is 15.4. The van der Waals surface area contributed by atoms with Crippen molar-refractivity contribution in [2.24, 2.45) is 0 Å². The van der Waals surface area contributed by atoms with Gasteiger partial charge in [-0.05, 0) is 12.1 Å². The highest BCUT2D eigenvalue weighted by Gasteiger charge is 2.16. The average molecular weight is 388 g/mol. The molecule has 0 amide bonds. The maximum atomic E-state index is 12.8. The van der Waals surface area contributed by atoms with Crippen LogP contribution in [0, 0.1) is 11.6 Å². The van der Waals surface area contributed by atoms with Gasteiger partial charge in [0.2, 0.25) is 5.02 Å². The zero-order valence-electron chi connectivity index (χ0n) is 14.6. The lowest BCUT2D eigenvalue weighted by molar-refractivity contribution is -0.288. The molecule has 1 aliphatic heterocycles. The number of nitrogens with zero attached hydrogens (tertiary/aromatic N) is 3. The molecule has 4 rings (SSSR count). The summed E-state index contributed by atoms with van der Waals surface area (Å²) in [5, 5.41) is 13.5. The van der Waals surface area contributed by atoms with Crippen LogP contribution in [0.5, 0.6) is 0 Å². The van der Waals surface area contributed by atoms with Gasteiger partial charge in [0.1, 0.15) is 11.5 Å². The summed E-state index contributed by atoms with van der Waals surface area (Å²) in [5.74, 6) is 0.335. The van der Waals surface area contributed by atoms with E-state index in [1.54, 1.807) is 12.3 Å². The lowest BCUT2D eigenvalue weighted by Crippen LogP contribution is -2.36. The number of anilines is 3. The Morgan fingerprint density at radius 2 is 2.04 bits per heavy atom. The molecule has 0 atom stereocenters. The van der Waals surface area contributed by atoms with Gasteiger partial charge in [-0.1, -0.05) is 6.07 Å². The number of ether oxygens (including phenoxy) is 1. The van der Waals surface area contributed by atoms with Gasteiger partial charge in [-0.2, -0.15) is 0 Å². The fourth-order valence-corrected chi connectivity index (χ4v) is 3.34. The van der Waals surface area contributed by atoms with Crippen molar-refractivity contribution in [3.05, 3.63) is 63.5 Å². The van der Waals surface area contributed by atoms with Crippen molar-refractivity contribution in [3.63, 3.8) is 0 Å². The Kier molecular flexibility index (Phi) is 4.98. The van der Waals surface area contributed by atoms with Crippen LogP contribution in [0.15, 0.2) is 47.4 Å². The fourth-order valence-electron chi connectivity index (χ4n) is 3.14. The lowest BCUT2D eigenvalue weighted by atomic mass is 10.2. The third-order valence-corrected chi connectivity index (χ3v) is 4.79. The maximum absolute atomic E-state index is 12.8. The minimum absolute atomic E-state index is 0.210. The average Bonchev–Trinajstić information content (AvgIpc) is 2.68. The summed E-state index contributed by atoms with van der Waals surface area (Å²) in [4.78, 5) is 19.6. The largest absolute Gasteiger partial charge is 0.391 e. The molecule has 1 saturated heterocycles. The van der Waals surface area contributed by atoms with E-state index in [9.17, 15) is 9.90 Å². The minimum Gasteiger partial charge on any atom is -0.391 e. The van der Waals surface area contributed by atoms with Crippen molar-refractivity contribution >= 4 is 22.8 Å². The standard InChI is InChI=1S/C19H19ClN4O3/c20-13-2-1-3-14(10-13)21-18-16(12-25)19(26)24-5-4-15(11-17(24)22-18)23-6-8-27-9-7-23/h1-5,10-11,20,25H,6-9,12H2/p+1. The Labute approximate surface area is 160 Å². The van der Waals surface area contributed by atoms with Crippen LogP contribution in [-0.2, 0) is 11.3 Å². The van der Waals surface area contributed by atoms with Crippen molar-refractivity contribution < 1.29 is 21.4 Å². The van der Waals surface area contributed by atoms with Gasteiger partial charge in [0.25, 0.3) is 5.56 Å². The highest BCUT2D eigenvalue weighted by Crippen LogP contribution is 2.22. The molecule has 0 aliphatic carbocycles. The Balaban J connectivity index is 1.78. The van der Waals surface area contributed by atoms with Crippen LogP contribution in [0.3, 0.4) is 0 Å². The predicted molar refractivity (Wildman–Crippen MR) is 101 cm³/mol. The summed E-state index contributed by atoms with van der Waals surface area (Å²) in [7, 11) is 0. The summed E-state index contributed by atoms with van der Waals surface area (Å²) < 4.78 is 6.84. The first-order valence-corrected chi connectivity index (χ1v) is 9.09. The van der Waals surface area contributed by atoms with Gasteiger partial charge in [-0.3, -0.25) is 9.20 Å². The number of aliphatic hydroxyl groups is 1. The smallest absolute Gasteiger partial charge is 0.265 e. The zero-order chi connectivity index (χ0) is 18.8. The Morgan fingerprint density at radius 1 is 1.22 bits per heavy atom. The van der Waals surface area contributed by atoms with Gasteiger partial charge in [0.05, 0.1) is 25.4 Å². The normalized spacial score (nSPS) is 14.5. The molecule has 3 heterocycles. The molecular weight excluding hydrogens is 368 g/mol. The molecule has 2 N–H and O–H groups in total. The first-order chi connectivity index (χ1) is 13.2. The third-order valence-electron chi connectivity index (χ3n) is 4.54. The summed E-state index contributed by atoms with van der Waals surface area (Å²) in [6, 6.07) is 11.0. The SMILES string of the molecule is O=c1c(CO)c(Nc2cccc([ClH+])c2)nc2cc(N3CCOCC3)ccn12. The molecule has 8 heteroatoms. The number of rotatable bonds is 4. The number of benzene rings is 1. The van der Waals surface area contributed by atoms with Crippen molar-refractivity contribution in [1.29, 1.82) is 0 Å². The van der Waals surface area contributed by atoms with Gasteiger partial charge in [0, 0.05) is 48.9 Å². The van der Waals surface area contributed by atoms with Crippen LogP contribution in [0.1, 0.15) is 5.56 Å². The van der Waals surface area contributed by atoms with Crippen molar-refractivity contribution in [1.82, 2.24) is 9.38 Å². The molecule has 0 saturated carbocycles. The van der Waals surface area contributed by atoms with Crippen LogP contribution < -0.4 is 15.8 Å². The van der Waals surface area contributed by atoms with E-state index in [2.05, 4.69) is 15.2 Å². The molecule has 0 radical (unpaired) electrons. The summed E-state index contributed by atoms with van der Waals surface area (Å²) in [5.41, 5.74) is 2.13. The third kappa shape index (κ3) is 3.62. The molecule has 0 bridgehead atoms. The molecule has 1 aromatic carbocycles. The molecule has 140 valence electrons. The number of aliphatic hydroxyl groups excluding tert-OH is 1. The van der Waals surface area contributed by atoms with E-state index in [0.29, 0.717) is 29.7 Å². The topological polar surface area (TPSA) is 79.1 Å². The highest BCUT2D eigenvalue weighted by molar-refractivity contribution is 5.64. The highest BCUT2D eigenvalue weighted by atomic mass is 35.5. The van der Waals surface area contributed by atoms with Gasteiger partial charge < -0.3 is 20.1 Å². The molecule has 3 aromatic rings. The molecule has 7 nitrogen and oxygen atoms in total. The number of hydrogen-bond acceptors (Lipinski definition) is 6. The van der Waals surface area contributed by atoms with E-state index in [-0.39, 0.29) is 11.1 Å². The van der Waals surface area contributed by atoms with Crippen LogP contribution in [0.4, 0.5) is 17.2 Å². The molecule has 1 fully saturated rings. The summed E-state index contributed by atoms with van der Waals surface area (Å²) in [6.07, 6.45) is 1.70. The number of fused-ring (bicyclic) bond motifs is 1. The van der Waals surface area contributed by atoms with Crippen molar-refractivity contribution in [2.45, 2.75) is 6.61 Å². The Hall–Kier alpha value is -2.61. The molecule has 1 aliphatic rings. The lowest BCUT2D eigenvalue weighted by Gasteiger charge is -2.29. The number of halogens is 1. The Bertz CT molecular complexity index is 1030. The predicted octanol–water partition coefficient (Wildman–Crippen LogP) is 1.46. The van der Waals surface area contributed by atoms with E-state index in [1.165, 1.54) is 4.40 Å². The van der Waals surface area contributed by atoms with E-state index >= 15 is 0 Å². The van der Waals surface area contributed by atoms with Crippen LogP contribution in [-0.4, -0.2) is 40.8 Å². The number of morpholine rings is 1. The number of nitrogens with one attached hydrogen (secondary N) is 1. The quantitative estimate of drug-likeness (QED) is 0.705. The summed E-state index contributed by atoms with van der Waals surface area (Å²) in [6.45, 7) is 2.55. The van der Waals surface area contributed by atoms with Crippen LogP contribution in [0.25, 0.3) is 5.65 Å². The second-order valence-corrected chi connectivity index (χ2v) is 6.74. The van der Waals surface area contributed by atoms with E-state index in [1.807, 2.05) is 30.3 Å². The van der Waals surface area contributed by atoms with Crippen LogP contribution in [0.2, 0.25) is 5.02 Å². The number of pyridine rings is 1. The maximum Gasteiger partial charge on any atom is 0.265 e. The number of aromatic nitrogens is 2. The van der Waals surface area contributed by atoms with Gasteiger partial charge in [-0.25, -0.2) is 4.98 Å². The van der Waals surface area contributed by atoms with Crippen molar-refractivity contribution in [2.75, 3.05) is 36.5 Å². The molecule has 27 heavy (non-hydrogen) atoms. The molecule has 0 unspecified atom stereocenters. The van der Waals surface area contributed by atoms with Crippen molar-refractivity contribution in [3.8, 4) is 0 Å². The summed E-state index contributed by atoms with van der Waals surface area (Å²) >= 11 is 5.18. The van der Waals surface area contributed by atoms with Gasteiger partial charge >= 0.3 is 0 Å². The van der Waals surface area contributed by atoms with Gasteiger partial charge in [-0.15, -0.1) is 0 Å². The van der Waals surface area contributed by atoms with Crippen LogP contribution >= 0.6 is 0 Å². The van der Waals surface area contributed by atoms with Gasteiger partial charge in [0.15, 0.2) is 11.6 Å². The molecule has 0 spiro atoms. The number of hydrogen-bond donors (Lipinski definition) is 2. The second-order valence-electron chi connectivity index (χ2n) is 6.27. The monoisotopic (exact) mass is 387 g/mol. The second kappa shape index (κ2) is 7.56. The Morgan fingerprint density at radius 3 is 2.78 bits per heavy atom.